The van der Waals surface area contributed by atoms with Crippen LogP contribution in [0.4, 0.5) is 0 Å². The Morgan fingerprint density at radius 1 is 1.40 bits per heavy atom. The summed E-state index contributed by atoms with van der Waals surface area (Å²) in [5, 5.41) is 2.97. The minimum atomic E-state index is -0.0646. The van der Waals surface area contributed by atoms with E-state index in [1.54, 1.807) is 0 Å². The molecule has 0 saturated carbocycles. The first-order valence-corrected chi connectivity index (χ1v) is 7.40. The number of amides is 1. The van der Waals surface area contributed by atoms with Gasteiger partial charge in [-0.25, -0.2) is 0 Å². The van der Waals surface area contributed by atoms with E-state index in [0.29, 0.717) is 18.8 Å². The van der Waals surface area contributed by atoms with Gasteiger partial charge in [-0.2, -0.15) is 0 Å². The van der Waals surface area contributed by atoms with Gasteiger partial charge < -0.3 is 15.8 Å². The highest BCUT2D eigenvalue weighted by Gasteiger charge is 2.15. The van der Waals surface area contributed by atoms with Crippen LogP contribution >= 0.6 is 0 Å². The van der Waals surface area contributed by atoms with Crippen LogP contribution in [0.2, 0.25) is 0 Å². The van der Waals surface area contributed by atoms with E-state index in [1.165, 1.54) is 0 Å². The second-order valence-electron chi connectivity index (χ2n) is 5.42. The number of carbonyl (C=O) groups is 1. The number of nitrogens with two attached hydrogens (primary N) is 1. The molecule has 20 heavy (non-hydrogen) atoms. The van der Waals surface area contributed by atoms with Gasteiger partial charge in [-0.05, 0) is 30.7 Å². The Bertz CT molecular complexity index is 402. The number of ether oxygens (including phenoxy) is 1. The SMILES string of the molecule is NC(CCC(=O)NCCC1CCOC1)c1ccccc1. The molecule has 4 nitrogen and oxygen atoms in total. The summed E-state index contributed by atoms with van der Waals surface area (Å²) in [5.74, 6) is 0.706. The summed E-state index contributed by atoms with van der Waals surface area (Å²) in [6.07, 6.45) is 3.30. The van der Waals surface area contributed by atoms with Crippen LogP contribution in [-0.2, 0) is 9.53 Å². The van der Waals surface area contributed by atoms with Gasteiger partial charge in [-0.3, -0.25) is 4.79 Å². The average molecular weight is 276 g/mol. The van der Waals surface area contributed by atoms with Crippen LogP contribution in [0.15, 0.2) is 30.3 Å². The predicted octanol–water partition coefficient (Wildman–Crippen LogP) is 2.01. The molecule has 2 atom stereocenters. The Labute approximate surface area is 120 Å². The maximum atomic E-state index is 11.8. The molecule has 1 aliphatic rings. The third-order valence-electron chi connectivity index (χ3n) is 3.81. The second-order valence-corrected chi connectivity index (χ2v) is 5.42. The molecule has 0 bridgehead atoms. The monoisotopic (exact) mass is 276 g/mol. The van der Waals surface area contributed by atoms with Gasteiger partial charge >= 0.3 is 0 Å². The number of hydrogen-bond donors (Lipinski definition) is 2. The van der Waals surface area contributed by atoms with E-state index in [2.05, 4.69) is 5.32 Å². The normalized spacial score (nSPS) is 19.8. The van der Waals surface area contributed by atoms with Crippen LogP contribution in [-0.4, -0.2) is 25.7 Å². The fourth-order valence-corrected chi connectivity index (χ4v) is 2.47. The van der Waals surface area contributed by atoms with Crippen LogP contribution in [0.5, 0.6) is 0 Å². The van der Waals surface area contributed by atoms with E-state index in [1.807, 2.05) is 30.3 Å². The van der Waals surface area contributed by atoms with E-state index >= 15 is 0 Å². The highest BCUT2D eigenvalue weighted by Crippen LogP contribution is 2.16. The van der Waals surface area contributed by atoms with Crippen molar-refractivity contribution in [3.8, 4) is 0 Å². The zero-order valence-corrected chi connectivity index (χ0v) is 11.9. The molecule has 0 aromatic heterocycles. The van der Waals surface area contributed by atoms with Crippen molar-refractivity contribution in [1.82, 2.24) is 5.32 Å². The van der Waals surface area contributed by atoms with Crippen molar-refractivity contribution >= 4 is 5.91 Å². The zero-order valence-electron chi connectivity index (χ0n) is 11.9. The van der Waals surface area contributed by atoms with Gasteiger partial charge in [0.1, 0.15) is 0 Å². The smallest absolute Gasteiger partial charge is 0.220 e. The van der Waals surface area contributed by atoms with Crippen LogP contribution in [0.3, 0.4) is 0 Å². The molecule has 3 N–H and O–H groups in total. The predicted molar refractivity (Wildman–Crippen MR) is 79.2 cm³/mol. The van der Waals surface area contributed by atoms with Crippen LogP contribution in [0, 0.1) is 5.92 Å². The molecule has 0 aliphatic carbocycles. The Balaban J connectivity index is 1.59. The molecule has 2 unspecified atom stereocenters. The number of hydrogen-bond acceptors (Lipinski definition) is 3. The van der Waals surface area contributed by atoms with Crippen molar-refractivity contribution < 1.29 is 9.53 Å². The quantitative estimate of drug-likeness (QED) is 0.800. The molecule has 1 saturated heterocycles. The molecule has 1 aromatic rings. The number of carbonyl (C=O) groups excluding carboxylic acids is 1. The fraction of sp³-hybridized carbons (Fsp3) is 0.562. The fourth-order valence-electron chi connectivity index (χ4n) is 2.47. The minimum absolute atomic E-state index is 0.0646. The average Bonchev–Trinajstić information content (AvgIpc) is 2.99. The number of benzene rings is 1. The minimum Gasteiger partial charge on any atom is -0.381 e. The maximum Gasteiger partial charge on any atom is 0.220 e. The van der Waals surface area contributed by atoms with Crippen LogP contribution in [0.1, 0.15) is 37.3 Å². The molecule has 1 heterocycles. The molecular formula is C16H24N2O2. The lowest BCUT2D eigenvalue weighted by atomic mass is 10.0. The molecule has 1 amide bonds. The molecule has 0 radical (unpaired) electrons. The molecule has 1 fully saturated rings. The third-order valence-corrected chi connectivity index (χ3v) is 3.81. The molecule has 1 aromatic carbocycles. The van der Waals surface area contributed by atoms with Crippen molar-refractivity contribution in [3.63, 3.8) is 0 Å². The summed E-state index contributed by atoms with van der Waals surface area (Å²) in [6.45, 7) is 2.45. The standard InChI is InChI=1S/C16H24N2O2/c17-15(14-4-2-1-3-5-14)6-7-16(19)18-10-8-13-9-11-20-12-13/h1-5,13,15H,6-12,17H2,(H,18,19). The lowest BCUT2D eigenvalue weighted by molar-refractivity contribution is -0.121. The van der Waals surface area contributed by atoms with Crippen molar-refractivity contribution in [2.24, 2.45) is 11.7 Å². The molecule has 2 rings (SSSR count). The van der Waals surface area contributed by atoms with Crippen LogP contribution < -0.4 is 11.1 Å². The highest BCUT2D eigenvalue weighted by molar-refractivity contribution is 5.75. The lowest BCUT2D eigenvalue weighted by Gasteiger charge is -2.12. The number of nitrogens with one attached hydrogen (secondary N) is 1. The zero-order chi connectivity index (χ0) is 14.2. The van der Waals surface area contributed by atoms with Gasteiger partial charge in [-0.1, -0.05) is 30.3 Å². The summed E-state index contributed by atoms with van der Waals surface area (Å²) in [7, 11) is 0. The van der Waals surface area contributed by atoms with Crippen LogP contribution in [0.25, 0.3) is 0 Å². The van der Waals surface area contributed by atoms with Crippen molar-refractivity contribution in [1.29, 1.82) is 0 Å². The Hall–Kier alpha value is -1.39. The van der Waals surface area contributed by atoms with Crippen molar-refractivity contribution in [3.05, 3.63) is 35.9 Å². The largest absolute Gasteiger partial charge is 0.381 e. The molecule has 1 aliphatic heterocycles. The number of rotatable bonds is 7. The maximum absolute atomic E-state index is 11.8. The van der Waals surface area contributed by atoms with Gasteiger partial charge in [0.15, 0.2) is 0 Å². The summed E-state index contributed by atoms with van der Waals surface area (Å²) in [5.41, 5.74) is 7.16. The molecule has 0 spiro atoms. The molecule has 110 valence electrons. The highest BCUT2D eigenvalue weighted by atomic mass is 16.5. The summed E-state index contributed by atoms with van der Waals surface area (Å²) >= 11 is 0. The van der Waals surface area contributed by atoms with E-state index in [9.17, 15) is 4.79 Å². The Morgan fingerprint density at radius 2 is 2.20 bits per heavy atom. The van der Waals surface area contributed by atoms with E-state index < -0.39 is 0 Å². The first-order valence-electron chi connectivity index (χ1n) is 7.40. The Morgan fingerprint density at radius 3 is 2.90 bits per heavy atom. The van der Waals surface area contributed by atoms with Gasteiger partial charge in [0.05, 0.1) is 0 Å². The third kappa shape index (κ3) is 4.94. The van der Waals surface area contributed by atoms with Crippen molar-refractivity contribution in [2.75, 3.05) is 19.8 Å². The van der Waals surface area contributed by atoms with Crippen molar-refractivity contribution in [2.45, 2.75) is 31.7 Å². The van der Waals surface area contributed by atoms with Gasteiger partial charge in [0, 0.05) is 32.2 Å². The summed E-state index contributed by atoms with van der Waals surface area (Å²) < 4.78 is 5.31. The topological polar surface area (TPSA) is 64.4 Å². The molecule has 4 heteroatoms. The van der Waals surface area contributed by atoms with E-state index in [4.69, 9.17) is 10.5 Å². The second kappa shape index (κ2) is 8.02. The van der Waals surface area contributed by atoms with E-state index in [0.717, 1.165) is 38.2 Å². The van der Waals surface area contributed by atoms with Gasteiger partial charge in [-0.15, -0.1) is 0 Å². The summed E-state index contributed by atoms with van der Waals surface area (Å²) in [6, 6.07) is 9.85. The van der Waals surface area contributed by atoms with Gasteiger partial charge in [0.2, 0.25) is 5.91 Å². The van der Waals surface area contributed by atoms with E-state index in [-0.39, 0.29) is 11.9 Å². The first-order chi connectivity index (χ1) is 9.75. The molecular weight excluding hydrogens is 252 g/mol. The first kappa shape index (κ1) is 15.0. The van der Waals surface area contributed by atoms with Gasteiger partial charge in [0.25, 0.3) is 0 Å². The lowest BCUT2D eigenvalue weighted by Crippen LogP contribution is -2.26. The Kier molecular flexibility index (Phi) is 6.02. The summed E-state index contributed by atoms with van der Waals surface area (Å²) in [4.78, 5) is 11.8.